The van der Waals surface area contributed by atoms with Crippen LogP contribution >= 0.6 is 23.2 Å². The summed E-state index contributed by atoms with van der Waals surface area (Å²) >= 11 is 12.4. The highest BCUT2D eigenvalue weighted by Crippen LogP contribution is 2.25. The second-order valence-electron chi connectivity index (χ2n) is 5.15. The molecule has 1 aromatic heterocycles. The Balaban J connectivity index is 2.25. The van der Waals surface area contributed by atoms with Gasteiger partial charge in [-0.2, -0.15) is 0 Å². The van der Waals surface area contributed by atoms with E-state index in [1.54, 1.807) is 35.5 Å². The zero-order chi connectivity index (χ0) is 16.3. The van der Waals surface area contributed by atoms with Crippen molar-refractivity contribution in [3.63, 3.8) is 0 Å². The van der Waals surface area contributed by atoms with E-state index in [0.717, 1.165) is 11.4 Å². The Kier molecular flexibility index (Phi) is 5.27. The number of allylic oxidation sites excluding steroid dienone is 1. The van der Waals surface area contributed by atoms with E-state index in [1.807, 2.05) is 25.6 Å². The lowest BCUT2D eigenvalue weighted by Gasteiger charge is -2.08. The number of hydrogen-bond acceptors (Lipinski definition) is 3. The van der Waals surface area contributed by atoms with Crippen molar-refractivity contribution in [2.45, 2.75) is 13.5 Å². The lowest BCUT2D eigenvalue weighted by atomic mass is 10.2. The number of halogens is 2. The van der Waals surface area contributed by atoms with Crippen molar-refractivity contribution in [1.82, 2.24) is 14.5 Å². The van der Waals surface area contributed by atoms with E-state index in [9.17, 15) is 4.79 Å². The third kappa shape index (κ3) is 3.90. The molecule has 0 spiro atoms. The fourth-order valence-corrected chi connectivity index (χ4v) is 2.46. The molecular weight excluding hydrogens is 321 g/mol. The van der Waals surface area contributed by atoms with Crippen molar-refractivity contribution >= 4 is 29.0 Å². The Morgan fingerprint density at radius 3 is 2.55 bits per heavy atom. The molecule has 0 aliphatic heterocycles. The third-order valence-electron chi connectivity index (χ3n) is 3.14. The molecule has 0 unspecified atom stereocenters. The van der Waals surface area contributed by atoms with Gasteiger partial charge in [0.1, 0.15) is 11.5 Å². The van der Waals surface area contributed by atoms with Crippen molar-refractivity contribution in [3.05, 3.63) is 63.8 Å². The monoisotopic (exact) mass is 337 g/mol. The molecule has 4 nitrogen and oxygen atoms in total. The van der Waals surface area contributed by atoms with Gasteiger partial charge in [0.05, 0.1) is 6.54 Å². The van der Waals surface area contributed by atoms with Crippen molar-refractivity contribution in [2.24, 2.45) is 0 Å². The number of imidazole rings is 1. The molecule has 2 aromatic rings. The first kappa shape index (κ1) is 16.6. The summed E-state index contributed by atoms with van der Waals surface area (Å²) in [4.78, 5) is 18.2. The molecule has 1 aromatic carbocycles. The molecule has 0 aliphatic rings. The molecule has 0 bridgehead atoms. The van der Waals surface area contributed by atoms with Crippen molar-refractivity contribution in [2.75, 3.05) is 14.1 Å². The number of hydrogen-bond donors (Lipinski definition) is 0. The zero-order valence-electron chi connectivity index (χ0n) is 12.7. The molecule has 22 heavy (non-hydrogen) atoms. The van der Waals surface area contributed by atoms with Gasteiger partial charge in [-0.15, -0.1) is 0 Å². The SMILES string of the molecule is Cc1nc(C(=O)/C=C/N(C)C)cn1Cc1c(Cl)cccc1Cl. The molecule has 0 fully saturated rings. The van der Waals surface area contributed by atoms with Crippen LogP contribution in [0.15, 0.2) is 36.7 Å². The van der Waals surface area contributed by atoms with Gasteiger partial charge in [-0.05, 0) is 19.1 Å². The summed E-state index contributed by atoms with van der Waals surface area (Å²) in [5, 5.41) is 1.20. The number of aromatic nitrogens is 2. The van der Waals surface area contributed by atoms with Crippen LogP contribution in [0.3, 0.4) is 0 Å². The maximum absolute atomic E-state index is 12.1. The largest absolute Gasteiger partial charge is 0.383 e. The smallest absolute Gasteiger partial charge is 0.207 e. The average molecular weight is 338 g/mol. The Labute approximate surface area is 140 Å². The van der Waals surface area contributed by atoms with Crippen LogP contribution in [0.4, 0.5) is 0 Å². The number of rotatable bonds is 5. The van der Waals surface area contributed by atoms with Gasteiger partial charge in [-0.1, -0.05) is 29.3 Å². The molecule has 2 rings (SSSR count). The fraction of sp³-hybridized carbons (Fsp3) is 0.250. The average Bonchev–Trinajstić information content (AvgIpc) is 2.81. The molecule has 1 heterocycles. The molecule has 0 amide bonds. The minimum absolute atomic E-state index is 0.138. The Hall–Kier alpha value is -1.78. The van der Waals surface area contributed by atoms with Crippen molar-refractivity contribution < 1.29 is 4.79 Å². The minimum Gasteiger partial charge on any atom is -0.383 e. The highest BCUT2D eigenvalue weighted by molar-refractivity contribution is 6.35. The fourth-order valence-electron chi connectivity index (χ4n) is 1.94. The number of aryl methyl sites for hydroxylation is 1. The molecule has 116 valence electrons. The second kappa shape index (κ2) is 6.99. The first-order chi connectivity index (χ1) is 10.4. The van der Waals surface area contributed by atoms with E-state index in [-0.39, 0.29) is 5.78 Å². The van der Waals surface area contributed by atoms with E-state index in [2.05, 4.69) is 4.98 Å². The summed E-state index contributed by atoms with van der Waals surface area (Å²) in [7, 11) is 3.71. The number of carbonyl (C=O) groups excluding carboxylic acids is 1. The molecule has 0 radical (unpaired) electrons. The number of nitrogens with zero attached hydrogens (tertiary/aromatic N) is 3. The highest BCUT2D eigenvalue weighted by Gasteiger charge is 2.12. The van der Waals surface area contributed by atoms with Gasteiger partial charge in [0.2, 0.25) is 5.78 Å². The van der Waals surface area contributed by atoms with E-state index in [0.29, 0.717) is 22.3 Å². The molecule has 6 heteroatoms. The number of benzene rings is 1. The summed E-state index contributed by atoms with van der Waals surface area (Å²) in [6.07, 6.45) is 4.91. The Morgan fingerprint density at radius 2 is 1.95 bits per heavy atom. The summed E-state index contributed by atoms with van der Waals surface area (Å²) < 4.78 is 1.86. The van der Waals surface area contributed by atoms with Crippen LogP contribution in [-0.4, -0.2) is 34.3 Å². The van der Waals surface area contributed by atoms with Gasteiger partial charge in [-0.25, -0.2) is 4.98 Å². The third-order valence-corrected chi connectivity index (χ3v) is 3.85. The summed E-state index contributed by atoms with van der Waals surface area (Å²) in [6, 6.07) is 5.39. The van der Waals surface area contributed by atoms with Crippen LogP contribution in [0, 0.1) is 6.92 Å². The minimum atomic E-state index is -0.138. The van der Waals surface area contributed by atoms with Gasteiger partial charge in [0.15, 0.2) is 0 Å². The van der Waals surface area contributed by atoms with Gasteiger partial charge in [-0.3, -0.25) is 4.79 Å². The highest BCUT2D eigenvalue weighted by atomic mass is 35.5. The standard InChI is InChI=1S/C16H17Cl2N3O/c1-11-19-15(16(22)7-8-20(2)3)10-21(11)9-12-13(17)5-4-6-14(12)18/h4-8,10H,9H2,1-3H3/b8-7+. The summed E-state index contributed by atoms with van der Waals surface area (Å²) in [5.41, 5.74) is 1.22. The predicted octanol–water partition coefficient (Wildman–Crippen LogP) is 3.80. The van der Waals surface area contributed by atoms with Gasteiger partial charge in [0.25, 0.3) is 0 Å². The van der Waals surface area contributed by atoms with Crippen LogP contribution in [0.25, 0.3) is 0 Å². The van der Waals surface area contributed by atoms with E-state index in [1.165, 1.54) is 6.08 Å². The lowest BCUT2D eigenvalue weighted by molar-refractivity contribution is 0.104. The van der Waals surface area contributed by atoms with E-state index >= 15 is 0 Å². The molecule has 0 saturated carbocycles. The van der Waals surface area contributed by atoms with Crippen LogP contribution in [0.1, 0.15) is 21.9 Å². The van der Waals surface area contributed by atoms with Crippen molar-refractivity contribution in [3.8, 4) is 0 Å². The van der Waals surface area contributed by atoms with Crippen molar-refractivity contribution in [1.29, 1.82) is 0 Å². The van der Waals surface area contributed by atoms with Crippen LogP contribution < -0.4 is 0 Å². The van der Waals surface area contributed by atoms with Gasteiger partial charge >= 0.3 is 0 Å². The van der Waals surface area contributed by atoms with Crippen LogP contribution in [-0.2, 0) is 6.54 Å². The topological polar surface area (TPSA) is 38.1 Å². The number of carbonyl (C=O) groups is 1. The zero-order valence-corrected chi connectivity index (χ0v) is 14.2. The summed E-state index contributed by atoms with van der Waals surface area (Å²) in [6.45, 7) is 2.32. The molecule has 0 atom stereocenters. The van der Waals surface area contributed by atoms with Crippen LogP contribution in [0.5, 0.6) is 0 Å². The maximum atomic E-state index is 12.1. The maximum Gasteiger partial charge on any atom is 0.207 e. The molecule has 0 saturated heterocycles. The molecular formula is C16H17Cl2N3O. The Bertz CT molecular complexity index is 700. The predicted molar refractivity (Wildman–Crippen MR) is 89.7 cm³/mol. The van der Waals surface area contributed by atoms with Crippen LogP contribution in [0.2, 0.25) is 10.0 Å². The van der Waals surface area contributed by atoms with Gasteiger partial charge < -0.3 is 9.47 Å². The first-order valence-electron chi connectivity index (χ1n) is 6.74. The number of ketones is 1. The second-order valence-corrected chi connectivity index (χ2v) is 5.96. The molecule has 0 N–H and O–H groups in total. The summed E-state index contributed by atoms with van der Waals surface area (Å²) in [5.74, 6) is 0.596. The first-order valence-corrected chi connectivity index (χ1v) is 7.49. The normalized spacial score (nSPS) is 11.1. The lowest BCUT2D eigenvalue weighted by Crippen LogP contribution is -2.03. The van der Waals surface area contributed by atoms with E-state index in [4.69, 9.17) is 23.2 Å². The Morgan fingerprint density at radius 1 is 1.32 bits per heavy atom. The van der Waals surface area contributed by atoms with Gasteiger partial charge in [0, 0.05) is 48.2 Å². The van der Waals surface area contributed by atoms with E-state index < -0.39 is 0 Å². The molecule has 0 aliphatic carbocycles. The quantitative estimate of drug-likeness (QED) is 0.615.